The Kier molecular flexibility index (Phi) is 4.10. The highest BCUT2D eigenvalue weighted by Crippen LogP contribution is 2.54. The summed E-state index contributed by atoms with van der Waals surface area (Å²) in [7, 11) is 0. The molecule has 6 atom stereocenters. The molecule has 0 aromatic heterocycles. The van der Waals surface area contributed by atoms with Crippen molar-refractivity contribution in [2.24, 2.45) is 11.8 Å². The van der Waals surface area contributed by atoms with Gasteiger partial charge in [0.2, 0.25) is 17.7 Å². The molecule has 0 radical (unpaired) electrons. The Hall–Kier alpha value is -1.96. The lowest BCUT2D eigenvalue weighted by atomic mass is 9.76. The smallest absolute Gasteiger partial charge is 0.250 e. The van der Waals surface area contributed by atoms with Crippen molar-refractivity contribution in [3.8, 4) is 0 Å². The fourth-order valence-electron chi connectivity index (χ4n) is 4.76. The highest BCUT2D eigenvalue weighted by Gasteiger charge is 2.71. The molecule has 144 valence electrons. The van der Waals surface area contributed by atoms with Crippen molar-refractivity contribution in [1.82, 2.24) is 10.2 Å². The number of carbonyl (C=O) groups excluding carboxylic acids is 3. The van der Waals surface area contributed by atoms with Crippen LogP contribution in [-0.2, 0) is 19.9 Å². The van der Waals surface area contributed by atoms with Crippen LogP contribution in [0.1, 0.15) is 32.8 Å². The number of fused-ring (bicyclic) bond motifs is 4. The number of amides is 3. The van der Waals surface area contributed by atoms with Gasteiger partial charge in [0.05, 0.1) is 17.9 Å². The van der Waals surface area contributed by atoms with Crippen LogP contribution in [0.25, 0.3) is 0 Å². The van der Waals surface area contributed by atoms with Crippen LogP contribution in [0.4, 0.5) is 5.69 Å². The Labute approximate surface area is 162 Å². The summed E-state index contributed by atoms with van der Waals surface area (Å²) in [6.45, 7) is 5.27. The van der Waals surface area contributed by atoms with Gasteiger partial charge >= 0.3 is 0 Å². The number of benzene rings is 1. The van der Waals surface area contributed by atoms with E-state index < -0.39 is 35.4 Å². The van der Waals surface area contributed by atoms with Gasteiger partial charge in [0.25, 0.3) is 0 Å². The minimum atomic E-state index is -1.42. The largest absolute Gasteiger partial charge is 0.392 e. The van der Waals surface area contributed by atoms with Gasteiger partial charge in [-0.15, -0.1) is 0 Å². The first-order valence-corrected chi connectivity index (χ1v) is 9.56. The van der Waals surface area contributed by atoms with Crippen molar-refractivity contribution in [2.45, 2.75) is 50.9 Å². The second-order valence-electron chi connectivity index (χ2n) is 7.67. The zero-order valence-electron chi connectivity index (χ0n) is 15.3. The molecule has 1 aromatic rings. The third-order valence-electron chi connectivity index (χ3n) is 6.20. The summed E-state index contributed by atoms with van der Waals surface area (Å²) in [4.78, 5) is 40.8. The van der Waals surface area contributed by atoms with E-state index >= 15 is 0 Å². The Morgan fingerprint density at radius 3 is 2.59 bits per heavy atom. The number of halogens is 1. The Balaban J connectivity index is 1.92. The maximum absolute atomic E-state index is 13.3. The first-order valence-electron chi connectivity index (χ1n) is 9.18. The van der Waals surface area contributed by atoms with Gasteiger partial charge in [0, 0.05) is 28.4 Å². The van der Waals surface area contributed by atoms with Crippen LogP contribution in [0.3, 0.4) is 0 Å². The van der Waals surface area contributed by atoms with Gasteiger partial charge in [-0.25, -0.2) is 0 Å². The molecule has 7 nitrogen and oxygen atoms in total. The molecule has 0 unspecified atom stereocenters. The summed E-state index contributed by atoms with van der Waals surface area (Å²) in [5.41, 5.74) is -0.309. The molecule has 27 heavy (non-hydrogen) atoms. The SMILES string of the molecule is CC[C@H](C)N1C(=O)[C@@H]2[C@H]([C@H](C)O)N[C@]3(C(=O)Nc4ccc(Cl)cc43)[C@@H]2C1=O. The third kappa shape index (κ3) is 2.25. The molecule has 3 N–H and O–H groups in total. The summed E-state index contributed by atoms with van der Waals surface area (Å²) in [5.74, 6) is -2.83. The predicted octanol–water partition coefficient (Wildman–Crippen LogP) is 1.24. The lowest BCUT2D eigenvalue weighted by Crippen LogP contribution is -2.55. The molecular weight excluding hydrogens is 370 g/mol. The normalized spacial score (nSPS) is 34.0. The van der Waals surface area contributed by atoms with E-state index in [1.54, 1.807) is 25.1 Å². The molecule has 0 saturated carbocycles. The second-order valence-corrected chi connectivity index (χ2v) is 8.11. The highest BCUT2D eigenvalue weighted by molar-refractivity contribution is 6.31. The number of carbonyl (C=O) groups is 3. The van der Waals surface area contributed by atoms with Crippen molar-refractivity contribution in [3.63, 3.8) is 0 Å². The zero-order chi connectivity index (χ0) is 19.7. The lowest BCUT2D eigenvalue weighted by Gasteiger charge is -2.31. The minimum absolute atomic E-state index is 0.273. The van der Waals surface area contributed by atoms with Crippen LogP contribution in [0, 0.1) is 11.8 Å². The number of imide groups is 1. The number of nitrogens with zero attached hydrogens (tertiary/aromatic N) is 1. The molecule has 3 amide bonds. The van der Waals surface area contributed by atoms with Crippen molar-refractivity contribution >= 4 is 35.0 Å². The van der Waals surface area contributed by atoms with Crippen LogP contribution in [-0.4, -0.2) is 45.9 Å². The standard InChI is InChI=1S/C19H22ClN3O4/c1-4-8(2)23-16(25)13-14(17(23)26)19(22-15(13)9(3)24)11-7-10(20)5-6-12(11)21-18(19)27/h5-9,13-15,22,24H,4H2,1-3H3,(H,21,27)/t8-,9-,13-,14-,15-,19-/m0/s1. The van der Waals surface area contributed by atoms with Gasteiger partial charge in [0.15, 0.2) is 0 Å². The van der Waals surface area contributed by atoms with Gasteiger partial charge in [-0.2, -0.15) is 0 Å². The number of hydrogen-bond acceptors (Lipinski definition) is 5. The van der Waals surface area contributed by atoms with Gasteiger partial charge in [-0.3, -0.25) is 24.6 Å². The molecule has 1 aromatic carbocycles. The summed E-state index contributed by atoms with van der Waals surface area (Å²) in [5, 5.41) is 16.7. The average Bonchev–Trinajstić information content (AvgIpc) is 3.20. The van der Waals surface area contributed by atoms with Crippen molar-refractivity contribution < 1.29 is 19.5 Å². The van der Waals surface area contributed by atoms with Crippen molar-refractivity contribution in [1.29, 1.82) is 0 Å². The number of hydrogen-bond donors (Lipinski definition) is 3. The molecule has 2 saturated heterocycles. The Bertz CT molecular complexity index is 857. The number of likely N-dealkylation sites (tertiary alicyclic amines) is 1. The molecule has 3 heterocycles. The lowest BCUT2D eigenvalue weighted by molar-refractivity contribution is -0.145. The summed E-state index contributed by atoms with van der Waals surface area (Å²) in [6, 6.07) is 4.00. The van der Waals surface area contributed by atoms with Crippen LogP contribution >= 0.6 is 11.6 Å². The molecular formula is C19H22ClN3O4. The number of aliphatic hydroxyl groups excluding tert-OH is 1. The highest BCUT2D eigenvalue weighted by atomic mass is 35.5. The molecule has 1 spiro atoms. The minimum Gasteiger partial charge on any atom is -0.392 e. The van der Waals surface area contributed by atoms with E-state index in [2.05, 4.69) is 10.6 Å². The quantitative estimate of drug-likeness (QED) is 0.673. The van der Waals surface area contributed by atoms with Crippen LogP contribution in [0.2, 0.25) is 5.02 Å². The number of rotatable bonds is 3. The molecule has 3 aliphatic heterocycles. The van der Waals surface area contributed by atoms with E-state index in [1.165, 1.54) is 4.90 Å². The molecule has 2 fully saturated rings. The van der Waals surface area contributed by atoms with Crippen molar-refractivity contribution in [3.05, 3.63) is 28.8 Å². The fourth-order valence-corrected chi connectivity index (χ4v) is 4.93. The van der Waals surface area contributed by atoms with E-state index in [0.29, 0.717) is 22.7 Å². The molecule has 0 aliphatic carbocycles. The third-order valence-corrected chi connectivity index (χ3v) is 6.43. The summed E-state index contributed by atoms with van der Waals surface area (Å²) >= 11 is 6.16. The predicted molar refractivity (Wildman–Crippen MR) is 99.0 cm³/mol. The van der Waals surface area contributed by atoms with E-state index in [4.69, 9.17) is 11.6 Å². The van der Waals surface area contributed by atoms with Crippen LogP contribution < -0.4 is 10.6 Å². The second kappa shape index (κ2) is 6.02. The molecule has 3 aliphatic rings. The number of anilines is 1. The fraction of sp³-hybridized carbons (Fsp3) is 0.526. The first kappa shape index (κ1) is 18.4. The van der Waals surface area contributed by atoms with Gasteiger partial charge in [-0.1, -0.05) is 18.5 Å². The van der Waals surface area contributed by atoms with Gasteiger partial charge < -0.3 is 10.4 Å². The molecule has 0 bridgehead atoms. The van der Waals surface area contributed by atoms with E-state index in [0.717, 1.165) is 0 Å². The van der Waals surface area contributed by atoms with E-state index in [-0.39, 0.29) is 17.9 Å². The number of aliphatic hydroxyl groups is 1. The zero-order valence-corrected chi connectivity index (χ0v) is 16.1. The van der Waals surface area contributed by atoms with Crippen molar-refractivity contribution in [2.75, 3.05) is 5.32 Å². The molecule has 8 heteroatoms. The maximum Gasteiger partial charge on any atom is 0.250 e. The topological polar surface area (TPSA) is 98.7 Å². The van der Waals surface area contributed by atoms with E-state index in [1.807, 2.05) is 13.8 Å². The molecule has 4 rings (SSSR count). The summed E-state index contributed by atoms with van der Waals surface area (Å²) in [6.07, 6.45) is -0.299. The summed E-state index contributed by atoms with van der Waals surface area (Å²) < 4.78 is 0. The van der Waals surface area contributed by atoms with Gasteiger partial charge in [0.1, 0.15) is 5.54 Å². The Morgan fingerprint density at radius 2 is 1.96 bits per heavy atom. The Morgan fingerprint density at radius 1 is 1.26 bits per heavy atom. The average molecular weight is 392 g/mol. The van der Waals surface area contributed by atoms with Gasteiger partial charge in [-0.05, 0) is 38.5 Å². The van der Waals surface area contributed by atoms with Crippen LogP contribution in [0.5, 0.6) is 0 Å². The monoisotopic (exact) mass is 391 g/mol. The van der Waals surface area contributed by atoms with E-state index in [9.17, 15) is 19.5 Å². The first-order chi connectivity index (χ1) is 12.7. The maximum atomic E-state index is 13.3. The number of nitrogens with one attached hydrogen (secondary N) is 2. The van der Waals surface area contributed by atoms with Crippen LogP contribution in [0.15, 0.2) is 18.2 Å².